The SMILES string of the molecule is CCO[Si](OCC)(OCC)C1C(C(=O)O)=CC=CC1(C)C(=O)O. The standard InChI is InChI=1S/C15H24O7Si/c1-5-20-23(21-6-2,22-7-3)12-11(13(16)17)9-8-10-15(12,4)14(18)19/h8-10,12H,5-7H2,1-4H3,(H,16,17)(H,18,19). The van der Waals surface area contributed by atoms with Crippen LogP contribution < -0.4 is 0 Å². The van der Waals surface area contributed by atoms with E-state index in [1.54, 1.807) is 20.8 Å². The van der Waals surface area contributed by atoms with Crippen molar-refractivity contribution in [2.24, 2.45) is 5.41 Å². The van der Waals surface area contributed by atoms with Crippen molar-refractivity contribution in [1.82, 2.24) is 0 Å². The molecule has 1 aliphatic carbocycles. The Bertz CT molecular complexity index is 497. The van der Waals surface area contributed by atoms with Crippen molar-refractivity contribution in [3.05, 3.63) is 23.8 Å². The van der Waals surface area contributed by atoms with E-state index in [1.807, 2.05) is 0 Å². The summed E-state index contributed by atoms with van der Waals surface area (Å²) in [5, 5.41) is 19.3. The predicted molar refractivity (Wildman–Crippen MR) is 85.0 cm³/mol. The van der Waals surface area contributed by atoms with Crippen LogP contribution in [0.1, 0.15) is 27.7 Å². The third kappa shape index (κ3) is 3.71. The molecule has 1 rings (SSSR count). The maximum Gasteiger partial charge on any atom is 0.510 e. The number of carboxylic acids is 2. The minimum absolute atomic E-state index is 0.0700. The Morgan fingerprint density at radius 1 is 1.13 bits per heavy atom. The van der Waals surface area contributed by atoms with Crippen molar-refractivity contribution in [3.63, 3.8) is 0 Å². The van der Waals surface area contributed by atoms with Crippen molar-refractivity contribution < 1.29 is 33.1 Å². The zero-order chi connectivity index (χ0) is 17.7. The molecule has 0 spiro atoms. The topological polar surface area (TPSA) is 102 Å². The monoisotopic (exact) mass is 344 g/mol. The zero-order valence-electron chi connectivity index (χ0n) is 13.9. The average molecular weight is 344 g/mol. The molecule has 0 saturated carbocycles. The van der Waals surface area contributed by atoms with Crippen molar-refractivity contribution >= 4 is 20.7 Å². The Hall–Kier alpha value is -1.48. The highest BCUT2D eigenvalue weighted by Crippen LogP contribution is 2.49. The second-order valence-electron chi connectivity index (χ2n) is 5.21. The quantitative estimate of drug-likeness (QED) is 0.617. The second kappa shape index (κ2) is 7.87. The normalized spacial score (nSPS) is 24.3. The summed E-state index contributed by atoms with van der Waals surface area (Å²) in [6.07, 6.45) is 4.29. The van der Waals surface area contributed by atoms with Crippen LogP contribution in [-0.2, 0) is 22.9 Å². The van der Waals surface area contributed by atoms with E-state index >= 15 is 0 Å². The number of carbonyl (C=O) groups is 2. The van der Waals surface area contributed by atoms with Gasteiger partial charge in [-0.1, -0.05) is 18.2 Å². The van der Waals surface area contributed by atoms with E-state index in [0.29, 0.717) is 0 Å². The summed E-state index contributed by atoms with van der Waals surface area (Å²) in [5.74, 6) is -2.36. The molecule has 7 nitrogen and oxygen atoms in total. The van der Waals surface area contributed by atoms with Gasteiger partial charge in [-0.05, 0) is 27.7 Å². The molecule has 2 atom stereocenters. The lowest BCUT2D eigenvalue weighted by atomic mass is 9.79. The fourth-order valence-corrected chi connectivity index (χ4v) is 6.30. The summed E-state index contributed by atoms with van der Waals surface area (Å²) in [6.45, 7) is 7.37. The molecule has 2 unspecified atom stereocenters. The smallest absolute Gasteiger partial charge is 0.481 e. The van der Waals surface area contributed by atoms with E-state index in [-0.39, 0.29) is 25.4 Å². The lowest BCUT2D eigenvalue weighted by molar-refractivity contribution is -0.146. The van der Waals surface area contributed by atoms with E-state index in [2.05, 4.69) is 0 Å². The lowest BCUT2D eigenvalue weighted by Crippen LogP contribution is -2.58. The zero-order valence-corrected chi connectivity index (χ0v) is 14.9. The van der Waals surface area contributed by atoms with Gasteiger partial charge in [0.2, 0.25) is 0 Å². The van der Waals surface area contributed by atoms with Gasteiger partial charge in [0.15, 0.2) is 0 Å². The molecule has 0 aliphatic heterocycles. The summed E-state index contributed by atoms with van der Waals surface area (Å²) >= 11 is 0. The molecular formula is C15H24O7Si. The summed E-state index contributed by atoms with van der Waals surface area (Å²) < 4.78 is 17.3. The summed E-state index contributed by atoms with van der Waals surface area (Å²) in [5.41, 5.74) is -2.59. The largest absolute Gasteiger partial charge is 0.510 e. The van der Waals surface area contributed by atoms with Gasteiger partial charge in [-0.15, -0.1) is 0 Å². The Morgan fingerprint density at radius 3 is 1.96 bits per heavy atom. The molecule has 1 aliphatic rings. The first-order valence-corrected chi connectivity index (χ1v) is 9.37. The van der Waals surface area contributed by atoms with Crippen LogP contribution in [0.15, 0.2) is 23.8 Å². The van der Waals surface area contributed by atoms with Crippen LogP contribution in [0.2, 0.25) is 5.54 Å². The highest BCUT2D eigenvalue weighted by molar-refractivity contribution is 6.64. The van der Waals surface area contributed by atoms with Crippen molar-refractivity contribution in [2.45, 2.75) is 33.2 Å². The van der Waals surface area contributed by atoms with Crippen LogP contribution in [0.4, 0.5) is 0 Å². The molecule has 0 heterocycles. The minimum Gasteiger partial charge on any atom is -0.481 e. The van der Waals surface area contributed by atoms with Gasteiger partial charge < -0.3 is 23.5 Å². The van der Waals surface area contributed by atoms with Gasteiger partial charge in [-0.3, -0.25) is 4.79 Å². The number of rotatable bonds is 9. The third-order valence-electron chi connectivity index (χ3n) is 3.73. The molecule has 0 bridgehead atoms. The summed E-state index contributed by atoms with van der Waals surface area (Å²) in [6, 6.07) is 0. The Morgan fingerprint density at radius 2 is 1.61 bits per heavy atom. The lowest BCUT2D eigenvalue weighted by Gasteiger charge is -2.43. The fourth-order valence-electron chi connectivity index (χ4n) is 2.79. The average Bonchev–Trinajstić information content (AvgIpc) is 2.47. The highest BCUT2D eigenvalue weighted by atomic mass is 28.4. The Balaban J connectivity index is 3.57. The van der Waals surface area contributed by atoms with Crippen molar-refractivity contribution in [2.75, 3.05) is 19.8 Å². The van der Waals surface area contributed by atoms with E-state index in [9.17, 15) is 19.8 Å². The molecule has 0 fully saturated rings. The Kier molecular flexibility index (Phi) is 6.69. The molecule has 0 radical (unpaired) electrons. The molecule has 130 valence electrons. The van der Waals surface area contributed by atoms with Gasteiger partial charge in [0.25, 0.3) is 0 Å². The molecule has 23 heavy (non-hydrogen) atoms. The number of hydrogen-bond acceptors (Lipinski definition) is 5. The maximum absolute atomic E-state index is 11.9. The van der Waals surface area contributed by atoms with Crippen LogP contribution in [-0.4, -0.2) is 50.8 Å². The molecule has 0 saturated heterocycles. The van der Waals surface area contributed by atoms with Gasteiger partial charge in [0, 0.05) is 25.4 Å². The Labute approximate surface area is 136 Å². The van der Waals surface area contributed by atoms with Crippen LogP contribution in [0.5, 0.6) is 0 Å². The molecule has 2 N–H and O–H groups in total. The summed E-state index contributed by atoms with van der Waals surface area (Å²) in [7, 11) is -3.60. The van der Waals surface area contributed by atoms with Crippen LogP contribution in [0.3, 0.4) is 0 Å². The fraction of sp³-hybridized carbons (Fsp3) is 0.600. The molecule has 0 aromatic carbocycles. The first kappa shape index (κ1) is 19.6. The van der Waals surface area contributed by atoms with E-state index in [4.69, 9.17) is 13.3 Å². The number of hydrogen-bond donors (Lipinski definition) is 2. The van der Waals surface area contributed by atoms with Crippen LogP contribution >= 0.6 is 0 Å². The van der Waals surface area contributed by atoms with Crippen molar-refractivity contribution in [1.29, 1.82) is 0 Å². The molecule has 0 aromatic rings. The number of carboxylic acid groups (broad SMARTS) is 2. The van der Waals surface area contributed by atoms with E-state index < -0.39 is 31.7 Å². The summed E-state index contributed by atoms with van der Waals surface area (Å²) in [4.78, 5) is 23.6. The van der Waals surface area contributed by atoms with Gasteiger partial charge >= 0.3 is 20.7 Å². The van der Waals surface area contributed by atoms with Gasteiger partial charge in [-0.25, -0.2) is 4.79 Å². The predicted octanol–water partition coefficient (Wildman–Crippen LogP) is 2.08. The van der Waals surface area contributed by atoms with Gasteiger partial charge in [0.1, 0.15) is 0 Å². The van der Waals surface area contributed by atoms with Crippen molar-refractivity contribution in [3.8, 4) is 0 Å². The minimum atomic E-state index is -3.60. The first-order valence-electron chi connectivity index (χ1n) is 7.57. The molecule has 8 heteroatoms. The van der Waals surface area contributed by atoms with Crippen LogP contribution in [0.25, 0.3) is 0 Å². The number of aliphatic carboxylic acids is 2. The number of allylic oxidation sites excluding steroid dienone is 2. The first-order chi connectivity index (χ1) is 10.8. The van der Waals surface area contributed by atoms with E-state index in [1.165, 1.54) is 25.2 Å². The molecular weight excluding hydrogens is 320 g/mol. The van der Waals surface area contributed by atoms with E-state index in [0.717, 1.165) is 0 Å². The highest BCUT2D eigenvalue weighted by Gasteiger charge is 2.62. The van der Waals surface area contributed by atoms with Gasteiger partial charge in [-0.2, -0.15) is 0 Å². The van der Waals surface area contributed by atoms with Gasteiger partial charge in [0.05, 0.1) is 11.0 Å². The molecule has 0 aromatic heterocycles. The second-order valence-corrected chi connectivity index (χ2v) is 7.86. The molecule has 0 amide bonds. The maximum atomic E-state index is 11.9. The van der Waals surface area contributed by atoms with Crippen LogP contribution in [0, 0.1) is 5.41 Å². The third-order valence-corrected chi connectivity index (χ3v) is 7.42.